The molecule has 0 spiro atoms. The Morgan fingerprint density at radius 2 is 2.08 bits per heavy atom. The Morgan fingerprint density at radius 1 is 1.38 bits per heavy atom. The molecule has 0 radical (unpaired) electrons. The molecule has 1 aromatic rings. The lowest BCUT2D eigenvalue weighted by Crippen LogP contribution is -2.00. The van der Waals surface area contributed by atoms with E-state index < -0.39 is 6.17 Å². The summed E-state index contributed by atoms with van der Waals surface area (Å²) in [5, 5.41) is 0. The summed E-state index contributed by atoms with van der Waals surface area (Å²) in [5.41, 5.74) is 1.11. The van der Waals surface area contributed by atoms with Crippen molar-refractivity contribution < 1.29 is 9.18 Å². The standard InChI is InChI=1S/C11H13FO/c1-8(2)11(12)10-5-3-4-9(6-10)7-13/h3-8,11H,1-2H3. The van der Waals surface area contributed by atoms with Gasteiger partial charge < -0.3 is 0 Å². The van der Waals surface area contributed by atoms with Crippen LogP contribution < -0.4 is 0 Å². The van der Waals surface area contributed by atoms with E-state index in [4.69, 9.17) is 0 Å². The van der Waals surface area contributed by atoms with Crippen LogP contribution in [-0.2, 0) is 0 Å². The molecule has 0 N–H and O–H groups in total. The maximum atomic E-state index is 13.5. The van der Waals surface area contributed by atoms with Crippen LogP contribution in [0.25, 0.3) is 0 Å². The average molecular weight is 180 g/mol. The van der Waals surface area contributed by atoms with Crippen molar-refractivity contribution >= 4 is 6.29 Å². The van der Waals surface area contributed by atoms with Crippen LogP contribution in [0.1, 0.15) is 35.9 Å². The summed E-state index contributed by atoms with van der Waals surface area (Å²) >= 11 is 0. The van der Waals surface area contributed by atoms with Gasteiger partial charge in [0.1, 0.15) is 12.5 Å². The predicted octanol–water partition coefficient (Wildman–Crippen LogP) is 3.17. The van der Waals surface area contributed by atoms with Crippen molar-refractivity contribution in [2.24, 2.45) is 5.92 Å². The number of alkyl halides is 1. The topological polar surface area (TPSA) is 17.1 Å². The van der Waals surface area contributed by atoms with Gasteiger partial charge in [0.05, 0.1) is 0 Å². The fourth-order valence-electron chi connectivity index (χ4n) is 1.19. The monoisotopic (exact) mass is 180 g/mol. The van der Waals surface area contributed by atoms with Crippen molar-refractivity contribution in [3.8, 4) is 0 Å². The zero-order valence-electron chi connectivity index (χ0n) is 7.83. The van der Waals surface area contributed by atoms with E-state index in [-0.39, 0.29) is 5.92 Å². The summed E-state index contributed by atoms with van der Waals surface area (Å²) in [7, 11) is 0. The first kappa shape index (κ1) is 9.90. The summed E-state index contributed by atoms with van der Waals surface area (Å²) in [6.45, 7) is 3.64. The van der Waals surface area contributed by atoms with Crippen LogP contribution in [0.2, 0.25) is 0 Å². The first-order valence-corrected chi connectivity index (χ1v) is 4.34. The van der Waals surface area contributed by atoms with Crippen molar-refractivity contribution in [1.82, 2.24) is 0 Å². The normalized spacial score (nSPS) is 12.9. The number of rotatable bonds is 3. The molecule has 0 bridgehead atoms. The number of halogens is 1. The fraction of sp³-hybridized carbons (Fsp3) is 0.364. The zero-order valence-corrected chi connectivity index (χ0v) is 7.83. The molecule has 1 unspecified atom stereocenters. The van der Waals surface area contributed by atoms with Gasteiger partial charge in [0, 0.05) is 5.56 Å². The molecule has 0 amide bonds. The highest BCUT2D eigenvalue weighted by Gasteiger charge is 2.13. The van der Waals surface area contributed by atoms with E-state index in [1.807, 2.05) is 13.8 Å². The van der Waals surface area contributed by atoms with Gasteiger partial charge >= 0.3 is 0 Å². The second-order valence-electron chi connectivity index (χ2n) is 3.43. The van der Waals surface area contributed by atoms with E-state index in [9.17, 15) is 9.18 Å². The van der Waals surface area contributed by atoms with Crippen molar-refractivity contribution in [2.75, 3.05) is 0 Å². The smallest absolute Gasteiger partial charge is 0.150 e. The highest BCUT2D eigenvalue weighted by atomic mass is 19.1. The van der Waals surface area contributed by atoms with Gasteiger partial charge in [-0.15, -0.1) is 0 Å². The van der Waals surface area contributed by atoms with Gasteiger partial charge in [-0.05, 0) is 17.5 Å². The molecule has 0 saturated carbocycles. The molecule has 0 fully saturated rings. The predicted molar refractivity (Wildman–Crippen MR) is 50.5 cm³/mol. The second-order valence-corrected chi connectivity index (χ2v) is 3.43. The minimum Gasteiger partial charge on any atom is -0.298 e. The number of aldehydes is 1. The number of benzene rings is 1. The molecule has 1 rings (SSSR count). The van der Waals surface area contributed by atoms with E-state index in [0.29, 0.717) is 11.1 Å². The molecule has 0 aliphatic rings. The molecule has 0 heterocycles. The Balaban J connectivity index is 2.94. The van der Waals surface area contributed by atoms with Crippen molar-refractivity contribution in [1.29, 1.82) is 0 Å². The van der Waals surface area contributed by atoms with E-state index in [2.05, 4.69) is 0 Å². The average Bonchev–Trinajstić information content (AvgIpc) is 2.16. The summed E-state index contributed by atoms with van der Waals surface area (Å²) in [6, 6.07) is 6.67. The number of carbonyl (C=O) groups excluding carboxylic acids is 1. The minimum absolute atomic E-state index is 0.0538. The van der Waals surface area contributed by atoms with Gasteiger partial charge in [0.2, 0.25) is 0 Å². The number of carbonyl (C=O) groups is 1. The molecule has 0 aliphatic carbocycles. The number of hydrogen-bond donors (Lipinski definition) is 0. The third-order valence-corrected chi connectivity index (χ3v) is 1.95. The first-order valence-electron chi connectivity index (χ1n) is 4.34. The Kier molecular flexibility index (Phi) is 3.18. The maximum Gasteiger partial charge on any atom is 0.150 e. The van der Waals surface area contributed by atoms with E-state index in [1.54, 1.807) is 24.3 Å². The Hall–Kier alpha value is -1.18. The molecular weight excluding hydrogens is 167 g/mol. The third-order valence-electron chi connectivity index (χ3n) is 1.95. The van der Waals surface area contributed by atoms with Gasteiger partial charge in [-0.2, -0.15) is 0 Å². The molecule has 1 nitrogen and oxygen atoms in total. The van der Waals surface area contributed by atoms with Crippen LogP contribution in [0.15, 0.2) is 24.3 Å². The molecular formula is C11H13FO. The summed E-state index contributed by atoms with van der Waals surface area (Å²) in [5.74, 6) is -0.0538. The fourth-order valence-corrected chi connectivity index (χ4v) is 1.19. The quantitative estimate of drug-likeness (QED) is 0.653. The second kappa shape index (κ2) is 4.17. The van der Waals surface area contributed by atoms with Crippen LogP contribution in [0.5, 0.6) is 0 Å². The molecule has 13 heavy (non-hydrogen) atoms. The van der Waals surface area contributed by atoms with Gasteiger partial charge in [0.25, 0.3) is 0 Å². The van der Waals surface area contributed by atoms with Crippen LogP contribution in [0.4, 0.5) is 4.39 Å². The molecule has 0 saturated heterocycles. The lowest BCUT2D eigenvalue weighted by atomic mass is 9.99. The van der Waals surface area contributed by atoms with Gasteiger partial charge in [0.15, 0.2) is 0 Å². The molecule has 2 heteroatoms. The van der Waals surface area contributed by atoms with Crippen LogP contribution >= 0.6 is 0 Å². The summed E-state index contributed by atoms with van der Waals surface area (Å²) < 4.78 is 13.5. The van der Waals surface area contributed by atoms with Crippen LogP contribution in [-0.4, -0.2) is 6.29 Å². The highest BCUT2D eigenvalue weighted by Crippen LogP contribution is 2.25. The van der Waals surface area contributed by atoms with E-state index in [1.165, 1.54) is 0 Å². The van der Waals surface area contributed by atoms with Crippen LogP contribution in [0.3, 0.4) is 0 Å². The SMILES string of the molecule is CC(C)C(F)c1cccc(C=O)c1. The lowest BCUT2D eigenvalue weighted by Gasteiger charge is -2.11. The molecule has 0 aromatic heterocycles. The van der Waals surface area contributed by atoms with Gasteiger partial charge in [-0.1, -0.05) is 32.0 Å². The molecule has 1 atom stereocenters. The van der Waals surface area contributed by atoms with E-state index >= 15 is 0 Å². The van der Waals surface area contributed by atoms with E-state index in [0.717, 1.165) is 6.29 Å². The Labute approximate surface area is 77.6 Å². The largest absolute Gasteiger partial charge is 0.298 e. The van der Waals surface area contributed by atoms with Gasteiger partial charge in [-0.25, -0.2) is 4.39 Å². The van der Waals surface area contributed by atoms with Gasteiger partial charge in [-0.3, -0.25) is 4.79 Å². The Bertz CT molecular complexity index is 294. The third kappa shape index (κ3) is 2.38. The summed E-state index contributed by atoms with van der Waals surface area (Å²) in [6.07, 6.45) is -0.254. The lowest BCUT2D eigenvalue weighted by molar-refractivity contribution is 0.112. The first-order chi connectivity index (χ1) is 6.15. The zero-order chi connectivity index (χ0) is 9.84. The summed E-state index contributed by atoms with van der Waals surface area (Å²) in [4.78, 5) is 10.4. The highest BCUT2D eigenvalue weighted by molar-refractivity contribution is 5.74. The molecule has 1 aromatic carbocycles. The Morgan fingerprint density at radius 3 is 2.62 bits per heavy atom. The van der Waals surface area contributed by atoms with Crippen LogP contribution in [0, 0.1) is 5.92 Å². The maximum absolute atomic E-state index is 13.5. The molecule has 0 aliphatic heterocycles. The molecule has 70 valence electrons. The van der Waals surface area contributed by atoms with Crippen molar-refractivity contribution in [2.45, 2.75) is 20.0 Å². The van der Waals surface area contributed by atoms with Crippen molar-refractivity contribution in [3.05, 3.63) is 35.4 Å². The minimum atomic E-state index is -0.986. The van der Waals surface area contributed by atoms with Crippen molar-refractivity contribution in [3.63, 3.8) is 0 Å². The number of hydrogen-bond acceptors (Lipinski definition) is 1.